The van der Waals surface area contributed by atoms with Gasteiger partial charge in [-0.25, -0.2) is 0 Å². The first-order chi connectivity index (χ1) is 8.31. The van der Waals surface area contributed by atoms with Crippen LogP contribution in [0.15, 0.2) is 24.3 Å². The molecule has 1 aliphatic heterocycles. The third kappa shape index (κ3) is 3.47. The van der Waals surface area contributed by atoms with Crippen molar-refractivity contribution >= 4 is 11.8 Å². The van der Waals surface area contributed by atoms with Gasteiger partial charge in [-0.15, -0.1) is 11.8 Å². The van der Waals surface area contributed by atoms with Crippen LogP contribution in [-0.2, 0) is 4.74 Å². The minimum Gasteiger partial charge on any atom is -0.381 e. The molecule has 0 radical (unpaired) electrons. The topological polar surface area (TPSA) is 35.2 Å². The normalized spacial score (nSPS) is 19.2. The fourth-order valence-corrected chi connectivity index (χ4v) is 3.70. The molecule has 1 heterocycles. The second kappa shape index (κ2) is 6.43. The summed E-state index contributed by atoms with van der Waals surface area (Å²) in [6, 6.07) is 8.57. The van der Waals surface area contributed by atoms with Crippen LogP contribution in [0.1, 0.15) is 29.2 Å². The molecule has 2 nitrogen and oxygen atoms in total. The second-order valence-electron chi connectivity index (χ2n) is 4.53. The first-order valence-corrected chi connectivity index (χ1v) is 7.24. The molecular formula is C14H21NOS. The van der Waals surface area contributed by atoms with Crippen LogP contribution in [-0.4, -0.2) is 25.0 Å². The summed E-state index contributed by atoms with van der Waals surface area (Å²) in [4.78, 5) is 0. The van der Waals surface area contributed by atoms with Crippen molar-refractivity contribution in [2.45, 2.75) is 30.3 Å². The average Bonchev–Trinajstić information content (AvgIpc) is 2.38. The number of hydrogen-bond donors (Lipinski definition) is 1. The van der Waals surface area contributed by atoms with Crippen molar-refractivity contribution in [2.75, 3.05) is 19.8 Å². The molecule has 1 unspecified atom stereocenters. The van der Waals surface area contributed by atoms with Gasteiger partial charge in [0.2, 0.25) is 0 Å². The molecule has 2 N–H and O–H groups in total. The van der Waals surface area contributed by atoms with Crippen molar-refractivity contribution in [3.8, 4) is 0 Å². The van der Waals surface area contributed by atoms with Crippen LogP contribution in [0, 0.1) is 6.92 Å². The third-order valence-corrected chi connectivity index (χ3v) is 4.91. The zero-order chi connectivity index (χ0) is 12.1. The quantitative estimate of drug-likeness (QED) is 0.893. The van der Waals surface area contributed by atoms with Crippen LogP contribution in [0.4, 0.5) is 0 Å². The summed E-state index contributed by atoms with van der Waals surface area (Å²) in [7, 11) is 0. The number of hydrogen-bond acceptors (Lipinski definition) is 3. The van der Waals surface area contributed by atoms with Crippen LogP contribution in [0.3, 0.4) is 0 Å². The minimum atomic E-state index is 0.430. The Morgan fingerprint density at radius 2 is 2.06 bits per heavy atom. The molecule has 1 atom stereocenters. The van der Waals surface area contributed by atoms with E-state index in [-0.39, 0.29) is 0 Å². The van der Waals surface area contributed by atoms with Crippen LogP contribution in [0.5, 0.6) is 0 Å². The highest BCUT2D eigenvalue weighted by molar-refractivity contribution is 8.00. The Bertz CT molecular complexity index is 350. The first-order valence-electron chi connectivity index (χ1n) is 6.30. The lowest BCUT2D eigenvalue weighted by molar-refractivity contribution is 0.0999. The predicted octanol–water partition coefficient (Wildman–Crippen LogP) is 2.91. The van der Waals surface area contributed by atoms with E-state index in [1.807, 2.05) is 11.8 Å². The van der Waals surface area contributed by atoms with Gasteiger partial charge in [0.1, 0.15) is 0 Å². The fourth-order valence-electron chi connectivity index (χ4n) is 2.25. The Morgan fingerprint density at radius 1 is 1.35 bits per heavy atom. The van der Waals surface area contributed by atoms with Crippen LogP contribution in [0.25, 0.3) is 0 Å². The van der Waals surface area contributed by atoms with Gasteiger partial charge >= 0.3 is 0 Å². The summed E-state index contributed by atoms with van der Waals surface area (Å²) >= 11 is 2.03. The van der Waals surface area contributed by atoms with E-state index in [4.69, 9.17) is 10.5 Å². The molecule has 1 saturated heterocycles. The van der Waals surface area contributed by atoms with Crippen molar-refractivity contribution in [3.63, 3.8) is 0 Å². The lowest BCUT2D eigenvalue weighted by Crippen LogP contribution is -2.21. The van der Waals surface area contributed by atoms with Gasteiger partial charge in [-0.3, -0.25) is 0 Å². The molecule has 0 spiro atoms. The fraction of sp³-hybridized carbons (Fsp3) is 0.571. The maximum absolute atomic E-state index is 5.94. The first kappa shape index (κ1) is 12.9. The highest BCUT2D eigenvalue weighted by Crippen LogP contribution is 2.36. The van der Waals surface area contributed by atoms with E-state index < -0.39 is 0 Å². The number of thioether (sulfide) groups is 1. The number of ether oxygens (including phenoxy) is 1. The van der Waals surface area contributed by atoms with E-state index in [0.29, 0.717) is 17.0 Å². The molecular weight excluding hydrogens is 230 g/mol. The zero-order valence-electron chi connectivity index (χ0n) is 10.4. The van der Waals surface area contributed by atoms with Gasteiger partial charge in [-0.05, 0) is 30.9 Å². The Morgan fingerprint density at radius 3 is 2.71 bits per heavy atom. The largest absolute Gasteiger partial charge is 0.381 e. The molecule has 0 aliphatic carbocycles. The van der Waals surface area contributed by atoms with Crippen LogP contribution in [0.2, 0.25) is 0 Å². The van der Waals surface area contributed by atoms with Gasteiger partial charge in [0.05, 0.1) is 0 Å². The molecule has 0 aromatic heterocycles. The molecule has 1 fully saturated rings. The van der Waals surface area contributed by atoms with Gasteiger partial charge in [-0.2, -0.15) is 0 Å². The molecule has 1 aromatic carbocycles. The Hall–Kier alpha value is -0.510. The van der Waals surface area contributed by atoms with E-state index in [9.17, 15) is 0 Å². The van der Waals surface area contributed by atoms with Crippen LogP contribution >= 0.6 is 11.8 Å². The molecule has 0 saturated carbocycles. The summed E-state index contributed by atoms with van der Waals surface area (Å²) in [6.45, 7) is 4.70. The highest BCUT2D eigenvalue weighted by atomic mass is 32.2. The van der Waals surface area contributed by atoms with Crippen molar-refractivity contribution in [3.05, 3.63) is 35.4 Å². The lowest BCUT2D eigenvalue weighted by Gasteiger charge is -2.26. The van der Waals surface area contributed by atoms with Crippen molar-refractivity contribution < 1.29 is 4.74 Å². The number of benzene rings is 1. The zero-order valence-corrected chi connectivity index (χ0v) is 11.2. The summed E-state index contributed by atoms with van der Waals surface area (Å²) < 4.78 is 5.40. The Balaban J connectivity index is 2.03. The van der Waals surface area contributed by atoms with E-state index >= 15 is 0 Å². The molecule has 1 aliphatic rings. The van der Waals surface area contributed by atoms with E-state index in [2.05, 4.69) is 31.2 Å². The van der Waals surface area contributed by atoms with Gasteiger partial charge in [0.25, 0.3) is 0 Å². The van der Waals surface area contributed by atoms with Crippen molar-refractivity contribution in [1.82, 2.24) is 0 Å². The predicted molar refractivity (Wildman–Crippen MR) is 74.4 cm³/mol. The summed E-state index contributed by atoms with van der Waals surface area (Å²) in [6.07, 6.45) is 2.32. The summed E-state index contributed by atoms with van der Waals surface area (Å²) in [5, 5.41) is 1.14. The van der Waals surface area contributed by atoms with Crippen molar-refractivity contribution in [2.24, 2.45) is 5.73 Å². The number of aryl methyl sites for hydroxylation is 1. The average molecular weight is 251 g/mol. The van der Waals surface area contributed by atoms with E-state index in [1.165, 1.54) is 11.1 Å². The standard InChI is InChI=1S/C14H21NOS/c1-11-4-2-3-5-13(11)14(10-15)17-12-6-8-16-9-7-12/h2-5,12,14H,6-10,15H2,1H3. The van der Waals surface area contributed by atoms with E-state index in [1.54, 1.807) is 0 Å². The molecule has 3 heteroatoms. The van der Waals surface area contributed by atoms with Gasteiger partial charge in [0, 0.05) is 30.3 Å². The number of nitrogens with two attached hydrogens (primary N) is 1. The molecule has 2 rings (SSSR count). The molecule has 1 aromatic rings. The van der Waals surface area contributed by atoms with E-state index in [0.717, 1.165) is 26.1 Å². The molecule has 94 valence electrons. The lowest BCUT2D eigenvalue weighted by atomic mass is 10.1. The third-order valence-electron chi connectivity index (χ3n) is 3.27. The Labute approximate surface area is 108 Å². The van der Waals surface area contributed by atoms with Gasteiger partial charge < -0.3 is 10.5 Å². The number of rotatable bonds is 4. The minimum absolute atomic E-state index is 0.430. The summed E-state index contributed by atoms with van der Waals surface area (Å²) in [5.41, 5.74) is 8.68. The molecule has 0 amide bonds. The van der Waals surface area contributed by atoms with Gasteiger partial charge in [-0.1, -0.05) is 24.3 Å². The monoisotopic (exact) mass is 251 g/mol. The van der Waals surface area contributed by atoms with Gasteiger partial charge in [0.15, 0.2) is 0 Å². The highest BCUT2D eigenvalue weighted by Gasteiger charge is 2.20. The second-order valence-corrected chi connectivity index (χ2v) is 6.04. The maximum atomic E-state index is 5.94. The maximum Gasteiger partial charge on any atom is 0.0476 e. The summed E-state index contributed by atoms with van der Waals surface area (Å²) in [5.74, 6) is 0. The smallest absolute Gasteiger partial charge is 0.0476 e. The SMILES string of the molecule is Cc1ccccc1C(CN)SC1CCOCC1. The van der Waals surface area contributed by atoms with Crippen LogP contribution < -0.4 is 5.73 Å². The molecule has 0 bridgehead atoms. The molecule has 17 heavy (non-hydrogen) atoms. The van der Waals surface area contributed by atoms with Crippen molar-refractivity contribution in [1.29, 1.82) is 0 Å². The Kier molecular flexibility index (Phi) is 4.89.